The molecule has 3 aromatic rings. The number of halogens is 1. The van der Waals surface area contributed by atoms with Gasteiger partial charge in [-0.1, -0.05) is 12.1 Å². The van der Waals surface area contributed by atoms with Crippen molar-refractivity contribution in [2.24, 2.45) is 0 Å². The van der Waals surface area contributed by atoms with Crippen molar-refractivity contribution in [3.05, 3.63) is 53.4 Å². The zero-order chi connectivity index (χ0) is 18.1. The SMILES string of the molecule is O=C(c1nc(-c2cccs2)n(-c2cccc(F)c2)n1)N1CCC(O)CC1. The number of amides is 1. The quantitative estimate of drug-likeness (QED) is 0.767. The molecule has 0 atom stereocenters. The number of piperidine rings is 1. The van der Waals surface area contributed by atoms with E-state index >= 15 is 0 Å². The van der Waals surface area contributed by atoms with Crippen molar-refractivity contribution >= 4 is 17.2 Å². The third-order valence-corrected chi connectivity index (χ3v) is 5.21. The van der Waals surface area contributed by atoms with Crippen molar-refractivity contribution in [1.29, 1.82) is 0 Å². The van der Waals surface area contributed by atoms with E-state index in [1.54, 1.807) is 17.0 Å². The van der Waals surface area contributed by atoms with Crippen LogP contribution in [0.5, 0.6) is 0 Å². The largest absolute Gasteiger partial charge is 0.393 e. The first kappa shape index (κ1) is 16.9. The number of likely N-dealkylation sites (tertiary alicyclic amines) is 1. The lowest BCUT2D eigenvalue weighted by Crippen LogP contribution is -2.40. The van der Waals surface area contributed by atoms with Crippen LogP contribution in [0.2, 0.25) is 0 Å². The molecule has 6 nitrogen and oxygen atoms in total. The lowest BCUT2D eigenvalue weighted by atomic mass is 10.1. The molecule has 1 saturated heterocycles. The molecule has 0 saturated carbocycles. The predicted molar refractivity (Wildman–Crippen MR) is 95.8 cm³/mol. The van der Waals surface area contributed by atoms with Crippen LogP contribution in [-0.4, -0.2) is 49.9 Å². The Morgan fingerprint density at radius 1 is 1.23 bits per heavy atom. The Balaban J connectivity index is 1.73. The fourth-order valence-electron chi connectivity index (χ4n) is 2.97. The van der Waals surface area contributed by atoms with E-state index in [-0.39, 0.29) is 23.7 Å². The number of aliphatic hydroxyl groups excluding tert-OH is 1. The summed E-state index contributed by atoms with van der Waals surface area (Å²) in [5, 5.41) is 15.9. The third-order valence-electron chi connectivity index (χ3n) is 4.34. The Morgan fingerprint density at radius 2 is 2.04 bits per heavy atom. The Bertz CT molecular complexity index is 917. The van der Waals surface area contributed by atoms with Gasteiger partial charge in [-0.05, 0) is 42.5 Å². The minimum Gasteiger partial charge on any atom is -0.393 e. The standard InChI is InChI=1S/C18H17FN4O2S/c19-12-3-1-4-13(11-12)23-17(15-5-2-10-26-15)20-16(21-23)18(25)22-8-6-14(24)7-9-22/h1-5,10-11,14,24H,6-9H2. The molecule has 134 valence electrons. The first-order valence-corrected chi connectivity index (χ1v) is 9.24. The van der Waals surface area contributed by atoms with E-state index in [0.717, 1.165) is 4.88 Å². The van der Waals surface area contributed by atoms with E-state index in [0.29, 0.717) is 37.4 Å². The number of thiophene rings is 1. The number of carbonyl (C=O) groups excluding carboxylic acids is 1. The summed E-state index contributed by atoms with van der Waals surface area (Å²) in [7, 11) is 0. The summed E-state index contributed by atoms with van der Waals surface area (Å²) in [5.41, 5.74) is 0.508. The number of carbonyl (C=O) groups is 1. The average molecular weight is 372 g/mol. The van der Waals surface area contributed by atoms with Crippen molar-refractivity contribution < 1.29 is 14.3 Å². The zero-order valence-corrected chi connectivity index (χ0v) is 14.7. The summed E-state index contributed by atoms with van der Waals surface area (Å²) in [4.78, 5) is 19.7. The Labute approximate surface area is 153 Å². The van der Waals surface area contributed by atoms with Gasteiger partial charge in [0.25, 0.3) is 5.91 Å². The molecule has 4 rings (SSSR count). The number of aliphatic hydroxyl groups is 1. The van der Waals surface area contributed by atoms with Gasteiger partial charge >= 0.3 is 0 Å². The molecular weight excluding hydrogens is 355 g/mol. The van der Waals surface area contributed by atoms with Crippen molar-refractivity contribution in [3.8, 4) is 16.4 Å². The van der Waals surface area contributed by atoms with Crippen LogP contribution < -0.4 is 0 Å². The Hall–Kier alpha value is -2.58. The van der Waals surface area contributed by atoms with Crippen LogP contribution in [0, 0.1) is 5.82 Å². The highest BCUT2D eigenvalue weighted by molar-refractivity contribution is 7.13. The van der Waals surface area contributed by atoms with E-state index in [9.17, 15) is 14.3 Å². The molecule has 26 heavy (non-hydrogen) atoms. The second kappa shape index (κ2) is 6.97. The molecule has 0 unspecified atom stereocenters. The molecule has 0 radical (unpaired) electrons. The lowest BCUT2D eigenvalue weighted by molar-refractivity contribution is 0.0536. The second-order valence-corrected chi connectivity index (χ2v) is 7.10. The molecule has 1 amide bonds. The van der Waals surface area contributed by atoms with Gasteiger partial charge in [0.15, 0.2) is 5.82 Å². The lowest BCUT2D eigenvalue weighted by Gasteiger charge is -2.28. The smallest absolute Gasteiger partial charge is 0.293 e. The highest BCUT2D eigenvalue weighted by Crippen LogP contribution is 2.26. The van der Waals surface area contributed by atoms with E-state index in [4.69, 9.17) is 0 Å². The second-order valence-electron chi connectivity index (χ2n) is 6.15. The first-order chi connectivity index (χ1) is 12.6. The van der Waals surface area contributed by atoms with Crippen molar-refractivity contribution in [3.63, 3.8) is 0 Å². The van der Waals surface area contributed by atoms with Gasteiger partial charge in [-0.3, -0.25) is 4.79 Å². The maximum Gasteiger partial charge on any atom is 0.293 e. The summed E-state index contributed by atoms with van der Waals surface area (Å²) in [6.07, 6.45) is 0.737. The molecule has 0 spiro atoms. The van der Waals surface area contributed by atoms with Gasteiger partial charge in [-0.2, -0.15) is 0 Å². The predicted octanol–water partition coefficient (Wildman–Crippen LogP) is 2.73. The first-order valence-electron chi connectivity index (χ1n) is 8.36. The van der Waals surface area contributed by atoms with Gasteiger partial charge < -0.3 is 10.0 Å². The maximum atomic E-state index is 13.7. The van der Waals surface area contributed by atoms with Crippen LogP contribution in [0.15, 0.2) is 41.8 Å². The number of aromatic nitrogens is 3. The molecule has 1 fully saturated rings. The molecule has 1 N–H and O–H groups in total. The summed E-state index contributed by atoms with van der Waals surface area (Å²) in [6, 6.07) is 9.81. The normalized spacial score (nSPS) is 15.4. The Kier molecular flexibility index (Phi) is 4.52. The van der Waals surface area contributed by atoms with Crippen LogP contribution in [0.4, 0.5) is 4.39 Å². The van der Waals surface area contributed by atoms with Gasteiger partial charge in [0.2, 0.25) is 5.82 Å². The molecule has 0 bridgehead atoms. The third kappa shape index (κ3) is 3.25. The number of hydrogen-bond donors (Lipinski definition) is 1. The van der Waals surface area contributed by atoms with Gasteiger partial charge in [0.05, 0.1) is 16.7 Å². The number of benzene rings is 1. The van der Waals surface area contributed by atoms with Gasteiger partial charge in [0, 0.05) is 13.1 Å². The highest BCUT2D eigenvalue weighted by Gasteiger charge is 2.27. The molecule has 0 aliphatic carbocycles. The number of hydrogen-bond acceptors (Lipinski definition) is 5. The molecule has 1 aliphatic rings. The van der Waals surface area contributed by atoms with Crippen LogP contribution >= 0.6 is 11.3 Å². The number of nitrogens with zero attached hydrogens (tertiary/aromatic N) is 4. The van der Waals surface area contributed by atoms with Crippen LogP contribution in [-0.2, 0) is 0 Å². The van der Waals surface area contributed by atoms with Crippen LogP contribution in [0.1, 0.15) is 23.5 Å². The summed E-state index contributed by atoms with van der Waals surface area (Å²) >= 11 is 1.47. The van der Waals surface area contributed by atoms with Gasteiger partial charge in [-0.15, -0.1) is 16.4 Å². The van der Waals surface area contributed by atoms with Gasteiger partial charge in [-0.25, -0.2) is 14.1 Å². The van der Waals surface area contributed by atoms with Gasteiger partial charge in [0.1, 0.15) is 5.82 Å². The monoisotopic (exact) mass is 372 g/mol. The highest BCUT2D eigenvalue weighted by atomic mass is 32.1. The van der Waals surface area contributed by atoms with E-state index in [2.05, 4.69) is 10.1 Å². The van der Waals surface area contributed by atoms with E-state index in [1.165, 1.54) is 28.2 Å². The van der Waals surface area contributed by atoms with Crippen LogP contribution in [0.3, 0.4) is 0 Å². The van der Waals surface area contributed by atoms with E-state index < -0.39 is 0 Å². The summed E-state index contributed by atoms with van der Waals surface area (Å²) < 4.78 is 15.2. The molecule has 2 aromatic heterocycles. The number of rotatable bonds is 3. The zero-order valence-electron chi connectivity index (χ0n) is 13.9. The minimum atomic E-state index is -0.381. The molecule has 3 heterocycles. The Morgan fingerprint density at radius 3 is 2.73 bits per heavy atom. The fourth-order valence-corrected chi connectivity index (χ4v) is 3.66. The maximum absolute atomic E-state index is 13.7. The average Bonchev–Trinajstić information content (AvgIpc) is 3.31. The van der Waals surface area contributed by atoms with Crippen molar-refractivity contribution in [2.75, 3.05) is 13.1 Å². The van der Waals surface area contributed by atoms with Crippen LogP contribution in [0.25, 0.3) is 16.4 Å². The van der Waals surface area contributed by atoms with Crippen molar-refractivity contribution in [2.45, 2.75) is 18.9 Å². The summed E-state index contributed by atoms with van der Waals surface area (Å²) in [6.45, 7) is 0.950. The van der Waals surface area contributed by atoms with Crippen molar-refractivity contribution in [1.82, 2.24) is 19.7 Å². The van der Waals surface area contributed by atoms with E-state index in [1.807, 2.05) is 17.5 Å². The minimum absolute atomic E-state index is 0.0778. The molecular formula is C18H17FN4O2S. The molecule has 8 heteroatoms. The summed E-state index contributed by atoms with van der Waals surface area (Å²) in [5.74, 6) is -0.0714. The molecule has 1 aromatic carbocycles. The fraction of sp³-hybridized carbons (Fsp3) is 0.278. The molecule has 1 aliphatic heterocycles. The topological polar surface area (TPSA) is 71.2 Å².